The Hall–Kier alpha value is -4.37. The number of rotatable bonds is 8. The van der Waals surface area contributed by atoms with E-state index in [0.29, 0.717) is 34.2 Å². The molecule has 184 valence electrons. The maximum Gasteiger partial charge on any atom is 0.270 e. The number of para-hydroxylation sites is 1. The number of carbonyl (C=O) groups is 2. The second-order valence-electron chi connectivity index (χ2n) is 7.67. The lowest BCUT2D eigenvalue weighted by Gasteiger charge is -2.28. The zero-order chi connectivity index (χ0) is 25.7. The molecule has 0 aliphatic carbocycles. The predicted octanol–water partition coefficient (Wildman–Crippen LogP) is 4.12. The zero-order valence-corrected chi connectivity index (χ0v) is 20.8. The second-order valence-corrected chi connectivity index (χ2v) is 8.06. The van der Waals surface area contributed by atoms with Crippen LogP contribution in [0, 0.1) is 0 Å². The summed E-state index contributed by atoms with van der Waals surface area (Å²) in [7, 11) is 4.69. The quantitative estimate of drug-likeness (QED) is 0.281. The molecule has 0 bridgehead atoms. The third-order valence-corrected chi connectivity index (χ3v) is 5.77. The van der Waals surface area contributed by atoms with Crippen molar-refractivity contribution in [1.82, 2.24) is 5.32 Å². The molecular formula is C27H24N2O6S. The van der Waals surface area contributed by atoms with Crippen LogP contribution in [0.25, 0.3) is 6.08 Å². The van der Waals surface area contributed by atoms with Gasteiger partial charge in [-0.15, -0.1) is 0 Å². The molecule has 3 aromatic rings. The molecule has 0 spiro atoms. The number of nitrogens with zero attached hydrogens (tertiary/aromatic N) is 1. The molecule has 8 nitrogen and oxygen atoms in total. The lowest BCUT2D eigenvalue weighted by atomic mass is 10.1. The van der Waals surface area contributed by atoms with Gasteiger partial charge in [0.05, 0.1) is 27.0 Å². The predicted molar refractivity (Wildman–Crippen MR) is 140 cm³/mol. The summed E-state index contributed by atoms with van der Waals surface area (Å²) in [4.78, 5) is 27.1. The zero-order valence-electron chi connectivity index (χ0n) is 19.9. The summed E-state index contributed by atoms with van der Waals surface area (Å²) in [5.74, 6) is 1.18. The first-order valence-electron chi connectivity index (χ1n) is 10.9. The van der Waals surface area contributed by atoms with E-state index < -0.39 is 11.8 Å². The topological polar surface area (TPSA) is 86.3 Å². The van der Waals surface area contributed by atoms with Gasteiger partial charge >= 0.3 is 0 Å². The highest BCUT2D eigenvalue weighted by atomic mass is 32.1. The highest BCUT2D eigenvalue weighted by Crippen LogP contribution is 2.32. The maximum atomic E-state index is 13.2. The third kappa shape index (κ3) is 5.16. The first-order valence-corrected chi connectivity index (χ1v) is 11.3. The maximum absolute atomic E-state index is 13.2. The molecule has 1 heterocycles. The number of benzene rings is 3. The minimum absolute atomic E-state index is 0.0302. The first-order chi connectivity index (χ1) is 17.4. The van der Waals surface area contributed by atoms with E-state index in [-0.39, 0.29) is 17.3 Å². The molecule has 1 aliphatic rings. The molecule has 4 rings (SSSR count). The van der Waals surface area contributed by atoms with E-state index in [4.69, 9.17) is 31.2 Å². The largest absolute Gasteiger partial charge is 0.497 e. The number of nitrogens with one attached hydrogen (secondary N) is 1. The van der Waals surface area contributed by atoms with Crippen LogP contribution in [-0.2, 0) is 16.2 Å². The van der Waals surface area contributed by atoms with Crippen molar-refractivity contribution in [3.05, 3.63) is 83.4 Å². The number of amides is 2. The van der Waals surface area contributed by atoms with E-state index in [2.05, 4.69) is 5.32 Å². The molecule has 0 saturated carbocycles. The van der Waals surface area contributed by atoms with Crippen LogP contribution in [0.1, 0.15) is 11.1 Å². The summed E-state index contributed by atoms with van der Waals surface area (Å²) >= 11 is 5.23. The fraction of sp³-hybridized carbons (Fsp3) is 0.148. The summed E-state index contributed by atoms with van der Waals surface area (Å²) in [6, 6.07) is 19.5. The van der Waals surface area contributed by atoms with Crippen LogP contribution in [0.5, 0.6) is 23.0 Å². The number of thiocarbonyl (C=S) groups is 1. The molecular weight excluding hydrogens is 480 g/mol. The van der Waals surface area contributed by atoms with Crippen molar-refractivity contribution in [1.29, 1.82) is 0 Å². The van der Waals surface area contributed by atoms with Gasteiger partial charge in [-0.25, -0.2) is 0 Å². The van der Waals surface area contributed by atoms with E-state index in [1.54, 1.807) is 68.8 Å². The Morgan fingerprint density at radius 1 is 0.861 bits per heavy atom. The van der Waals surface area contributed by atoms with Crippen LogP contribution >= 0.6 is 12.2 Å². The average Bonchev–Trinajstić information content (AvgIpc) is 2.90. The SMILES string of the molecule is COc1ccc(OC)c(COc2ccc(/C=C3\C(=O)NC(=S)N(c4ccccc4)C3=O)cc2OC)c1. The molecule has 1 saturated heterocycles. The minimum atomic E-state index is -0.568. The number of ether oxygens (including phenoxy) is 4. The monoisotopic (exact) mass is 504 g/mol. The lowest BCUT2D eigenvalue weighted by molar-refractivity contribution is -0.122. The molecule has 1 fully saturated rings. The molecule has 1 N–H and O–H groups in total. The van der Waals surface area contributed by atoms with E-state index in [1.807, 2.05) is 12.1 Å². The van der Waals surface area contributed by atoms with Gasteiger partial charge in [0.2, 0.25) is 0 Å². The van der Waals surface area contributed by atoms with Gasteiger partial charge in [-0.2, -0.15) is 0 Å². The fourth-order valence-corrected chi connectivity index (χ4v) is 3.96. The molecule has 36 heavy (non-hydrogen) atoms. The van der Waals surface area contributed by atoms with E-state index >= 15 is 0 Å². The molecule has 3 aromatic carbocycles. The standard InChI is InChI=1S/C27H24N2O6S/c1-32-20-10-12-22(33-2)18(15-20)16-35-23-11-9-17(14-24(23)34-3)13-21-25(30)28-27(36)29(26(21)31)19-7-5-4-6-8-19/h4-15H,16H2,1-3H3,(H,28,30,36)/b21-13+. The Bertz CT molecular complexity index is 1340. The Morgan fingerprint density at radius 3 is 2.28 bits per heavy atom. The van der Waals surface area contributed by atoms with Gasteiger partial charge in [-0.05, 0) is 66.3 Å². The van der Waals surface area contributed by atoms with Crippen molar-refractivity contribution in [3.63, 3.8) is 0 Å². The van der Waals surface area contributed by atoms with Gasteiger partial charge in [0.1, 0.15) is 23.7 Å². The average molecular weight is 505 g/mol. The van der Waals surface area contributed by atoms with Gasteiger partial charge in [0.15, 0.2) is 16.6 Å². The van der Waals surface area contributed by atoms with Crippen LogP contribution in [0.3, 0.4) is 0 Å². The van der Waals surface area contributed by atoms with Crippen molar-refractivity contribution >= 4 is 40.9 Å². The van der Waals surface area contributed by atoms with Crippen molar-refractivity contribution in [2.75, 3.05) is 26.2 Å². The van der Waals surface area contributed by atoms with Gasteiger partial charge in [-0.3, -0.25) is 19.8 Å². The molecule has 0 unspecified atom stereocenters. The molecule has 1 aliphatic heterocycles. The van der Waals surface area contributed by atoms with Crippen LogP contribution in [0.4, 0.5) is 5.69 Å². The summed E-state index contributed by atoms with van der Waals surface area (Å²) < 4.78 is 22.2. The van der Waals surface area contributed by atoms with E-state index in [9.17, 15) is 9.59 Å². The summed E-state index contributed by atoms with van der Waals surface area (Å²) in [6.45, 7) is 0.210. The van der Waals surface area contributed by atoms with Crippen molar-refractivity contribution in [2.45, 2.75) is 6.61 Å². The Labute approximate surface area is 214 Å². The molecule has 9 heteroatoms. The van der Waals surface area contributed by atoms with Gasteiger partial charge in [-0.1, -0.05) is 24.3 Å². The number of carbonyl (C=O) groups excluding carboxylic acids is 2. The van der Waals surface area contributed by atoms with Crippen molar-refractivity contribution in [3.8, 4) is 23.0 Å². The normalized spacial score (nSPS) is 14.5. The summed E-state index contributed by atoms with van der Waals surface area (Å²) in [6.07, 6.45) is 1.49. The number of hydrogen-bond acceptors (Lipinski definition) is 7. The van der Waals surface area contributed by atoms with Crippen LogP contribution < -0.4 is 29.2 Å². The van der Waals surface area contributed by atoms with Gasteiger partial charge in [0.25, 0.3) is 11.8 Å². The molecule has 2 amide bonds. The summed E-state index contributed by atoms with van der Waals surface area (Å²) in [5, 5.41) is 2.61. The third-order valence-electron chi connectivity index (χ3n) is 5.49. The lowest BCUT2D eigenvalue weighted by Crippen LogP contribution is -2.54. The smallest absolute Gasteiger partial charge is 0.270 e. The summed E-state index contributed by atoms with van der Waals surface area (Å²) in [5.41, 5.74) is 1.89. The Kier molecular flexibility index (Phi) is 7.50. The molecule has 0 aromatic heterocycles. The number of methoxy groups -OCH3 is 3. The molecule has 0 radical (unpaired) electrons. The number of hydrogen-bond donors (Lipinski definition) is 1. The van der Waals surface area contributed by atoms with Crippen LogP contribution in [0.15, 0.2) is 72.3 Å². The Balaban J connectivity index is 1.59. The molecule has 0 atom stereocenters. The highest BCUT2D eigenvalue weighted by molar-refractivity contribution is 7.80. The first kappa shape index (κ1) is 24.7. The highest BCUT2D eigenvalue weighted by Gasteiger charge is 2.34. The number of anilines is 1. The van der Waals surface area contributed by atoms with E-state index in [0.717, 1.165) is 5.56 Å². The minimum Gasteiger partial charge on any atom is -0.497 e. The van der Waals surface area contributed by atoms with Gasteiger partial charge < -0.3 is 18.9 Å². The van der Waals surface area contributed by atoms with Crippen LogP contribution in [0.2, 0.25) is 0 Å². The second kappa shape index (κ2) is 10.9. The van der Waals surface area contributed by atoms with Crippen LogP contribution in [-0.4, -0.2) is 38.3 Å². The van der Waals surface area contributed by atoms with Crippen molar-refractivity contribution < 1.29 is 28.5 Å². The van der Waals surface area contributed by atoms with Gasteiger partial charge in [0, 0.05) is 5.56 Å². The Morgan fingerprint density at radius 2 is 1.58 bits per heavy atom. The fourth-order valence-electron chi connectivity index (χ4n) is 3.68. The van der Waals surface area contributed by atoms with E-state index in [1.165, 1.54) is 18.1 Å². The van der Waals surface area contributed by atoms with Crippen molar-refractivity contribution in [2.24, 2.45) is 0 Å².